The molecule has 0 atom stereocenters. The fourth-order valence-corrected chi connectivity index (χ4v) is 1.77. The minimum Gasteiger partial charge on any atom is -0.396 e. The largest absolute Gasteiger partial charge is 0.396 e. The fraction of sp³-hybridized carbons (Fsp3) is 0.0909. The number of nitrogen functional groups attached to an aromatic ring is 1. The van der Waals surface area contributed by atoms with Gasteiger partial charge in [0.25, 0.3) is 0 Å². The lowest BCUT2D eigenvalue weighted by atomic mass is 10.3. The summed E-state index contributed by atoms with van der Waals surface area (Å²) in [5.74, 6) is 0.894. The van der Waals surface area contributed by atoms with E-state index in [0.717, 1.165) is 4.47 Å². The first-order valence-corrected chi connectivity index (χ1v) is 6.22. The molecule has 0 aliphatic heterocycles. The molecule has 0 aliphatic rings. The van der Waals surface area contributed by atoms with Crippen molar-refractivity contribution in [1.29, 1.82) is 0 Å². The molecule has 3 rings (SSSR count). The summed E-state index contributed by atoms with van der Waals surface area (Å²) in [5, 5.41) is 7.93. The van der Waals surface area contributed by atoms with Crippen LogP contribution in [0, 0.1) is 0 Å². The number of hydrogen-bond donors (Lipinski definition) is 1. The fourth-order valence-electron chi connectivity index (χ4n) is 1.54. The van der Waals surface area contributed by atoms with Crippen LogP contribution in [0.25, 0.3) is 11.5 Å². The Morgan fingerprint density at radius 1 is 1.32 bits per heavy atom. The highest BCUT2D eigenvalue weighted by Gasteiger charge is 2.10. The lowest BCUT2D eigenvalue weighted by molar-refractivity contribution is 0.366. The van der Waals surface area contributed by atoms with Crippen LogP contribution in [0.5, 0.6) is 0 Å². The predicted octanol–water partition coefficient (Wildman–Crippen LogP) is 1.72. The molecule has 0 spiro atoms. The molecule has 0 bridgehead atoms. The van der Waals surface area contributed by atoms with Crippen LogP contribution in [-0.4, -0.2) is 24.9 Å². The normalized spacial score (nSPS) is 10.8. The van der Waals surface area contributed by atoms with E-state index in [9.17, 15) is 0 Å². The van der Waals surface area contributed by atoms with Gasteiger partial charge in [-0.3, -0.25) is 9.67 Å². The van der Waals surface area contributed by atoms with Gasteiger partial charge >= 0.3 is 0 Å². The number of aromatic nitrogens is 5. The maximum atomic E-state index is 5.58. The zero-order valence-corrected chi connectivity index (χ0v) is 11.3. The Morgan fingerprint density at radius 2 is 2.21 bits per heavy atom. The molecule has 7 nitrogen and oxygen atoms in total. The smallest absolute Gasteiger partial charge is 0.248 e. The molecule has 96 valence electrons. The Kier molecular flexibility index (Phi) is 3.00. The van der Waals surface area contributed by atoms with Gasteiger partial charge in [0.2, 0.25) is 11.7 Å². The molecule has 0 fully saturated rings. The lowest BCUT2D eigenvalue weighted by Gasteiger charge is -1.94. The van der Waals surface area contributed by atoms with Gasteiger partial charge in [0.05, 0.1) is 11.9 Å². The third kappa shape index (κ3) is 2.63. The van der Waals surface area contributed by atoms with Crippen molar-refractivity contribution < 1.29 is 4.52 Å². The standard InChI is InChI=1S/C11H9BrN6O/c12-7-1-2-9(14-3-7)11-16-10(19-17-11)6-18-5-8(13)4-15-18/h1-5H,6,13H2. The first-order valence-electron chi connectivity index (χ1n) is 5.43. The second-order valence-electron chi connectivity index (χ2n) is 3.84. The quantitative estimate of drug-likeness (QED) is 0.789. The van der Waals surface area contributed by atoms with Crippen LogP contribution in [0.15, 0.2) is 39.7 Å². The molecule has 19 heavy (non-hydrogen) atoms. The summed E-state index contributed by atoms with van der Waals surface area (Å²) < 4.78 is 7.67. The van der Waals surface area contributed by atoms with Gasteiger partial charge < -0.3 is 10.3 Å². The molecule has 0 aromatic carbocycles. The molecule has 8 heteroatoms. The molecule has 3 aromatic rings. The number of rotatable bonds is 3. The Bertz CT molecular complexity index is 689. The third-order valence-electron chi connectivity index (χ3n) is 2.38. The van der Waals surface area contributed by atoms with Crippen molar-refractivity contribution in [2.24, 2.45) is 0 Å². The number of halogens is 1. The Morgan fingerprint density at radius 3 is 2.89 bits per heavy atom. The summed E-state index contributed by atoms with van der Waals surface area (Å²) >= 11 is 3.32. The zero-order valence-electron chi connectivity index (χ0n) is 9.69. The molecular formula is C11H9BrN6O. The average molecular weight is 321 g/mol. The van der Waals surface area contributed by atoms with E-state index in [1.54, 1.807) is 23.3 Å². The highest BCUT2D eigenvalue weighted by atomic mass is 79.9. The molecule has 0 aliphatic carbocycles. The maximum absolute atomic E-state index is 5.58. The van der Waals surface area contributed by atoms with Gasteiger partial charge in [0.1, 0.15) is 12.2 Å². The van der Waals surface area contributed by atoms with Crippen LogP contribution in [0.4, 0.5) is 5.69 Å². The van der Waals surface area contributed by atoms with Crippen LogP contribution in [-0.2, 0) is 6.54 Å². The summed E-state index contributed by atoms with van der Waals surface area (Å²) in [4.78, 5) is 8.46. The summed E-state index contributed by atoms with van der Waals surface area (Å²) in [5.41, 5.74) is 6.82. The van der Waals surface area contributed by atoms with Crippen molar-refractivity contribution in [3.8, 4) is 11.5 Å². The van der Waals surface area contributed by atoms with Crippen LogP contribution < -0.4 is 5.73 Å². The number of nitrogens with zero attached hydrogens (tertiary/aromatic N) is 5. The van der Waals surface area contributed by atoms with Crippen LogP contribution in [0.2, 0.25) is 0 Å². The van der Waals surface area contributed by atoms with E-state index in [4.69, 9.17) is 10.3 Å². The first-order chi connectivity index (χ1) is 9.20. The van der Waals surface area contributed by atoms with Crippen molar-refractivity contribution >= 4 is 21.6 Å². The first kappa shape index (κ1) is 11.8. The van der Waals surface area contributed by atoms with Crippen molar-refractivity contribution in [2.75, 3.05) is 5.73 Å². The van der Waals surface area contributed by atoms with Crippen LogP contribution in [0.1, 0.15) is 5.89 Å². The van der Waals surface area contributed by atoms with Gasteiger partial charge in [0, 0.05) is 16.9 Å². The van der Waals surface area contributed by atoms with E-state index in [-0.39, 0.29) is 0 Å². The minimum absolute atomic E-state index is 0.376. The molecular weight excluding hydrogens is 312 g/mol. The second kappa shape index (κ2) is 4.81. The molecule has 0 radical (unpaired) electrons. The number of anilines is 1. The zero-order chi connectivity index (χ0) is 13.2. The minimum atomic E-state index is 0.376. The lowest BCUT2D eigenvalue weighted by Crippen LogP contribution is -2.00. The summed E-state index contributed by atoms with van der Waals surface area (Å²) in [6.45, 7) is 0.376. The van der Waals surface area contributed by atoms with Crippen LogP contribution >= 0.6 is 15.9 Å². The molecule has 0 saturated carbocycles. The highest BCUT2D eigenvalue weighted by Crippen LogP contribution is 2.16. The molecule has 2 N–H and O–H groups in total. The SMILES string of the molecule is Nc1cnn(Cc2nc(-c3ccc(Br)cn3)no2)c1. The van der Waals surface area contributed by atoms with E-state index >= 15 is 0 Å². The van der Waals surface area contributed by atoms with E-state index < -0.39 is 0 Å². The molecule has 0 amide bonds. The third-order valence-corrected chi connectivity index (χ3v) is 2.84. The van der Waals surface area contributed by atoms with Gasteiger partial charge in [-0.1, -0.05) is 5.16 Å². The van der Waals surface area contributed by atoms with Gasteiger partial charge in [-0.15, -0.1) is 0 Å². The van der Waals surface area contributed by atoms with Gasteiger partial charge in [-0.2, -0.15) is 10.1 Å². The van der Waals surface area contributed by atoms with Crippen molar-refractivity contribution in [3.05, 3.63) is 41.1 Å². The number of nitrogens with two attached hydrogens (primary N) is 1. The summed E-state index contributed by atoms with van der Waals surface area (Å²) in [6, 6.07) is 3.68. The molecule has 3 aromatic heterocycles. The topological polar surface area (TPSA) is 95.7 Å². The molecule has 0 unspecified atom stereocenters. The Balaban J connectivity index is 1.81. The molecule has 3 heterocycles. The van der Waals surface area contributed by atoms with Gasteiger partial charge in [-0.25, -0.2) is 0 Å². The van der Waals surface area contributed by atoms with Crippen LogP contribution in [0.3, 0.4) is 0 Å². The summed E-state index contributed by atoms with van der Waals surface area (Å²) in [6.07, 6.45) is 4.94. The van der Waals surface area contributed by atoms with E-state index in [1.807, 2.05) is 12.1 Å². The maximum Gasteiger partial charge on any atom is 0.248 e. The molecule has 0 saturated heterocycles. The number of hydrogen-bond acceptors (Lipinski definition) is 6. The van der Waals surface area contributed by atoms with Gasteiger partial charge in [-0.05, 0) is 28.1 Å². The van der Waals surface area contributed by atoms with Crippen molar-refractivity contribution in [2.45, 2.75) is 6.54 Å². The van der Waals surface area contributed by atoms with E-state index in [0.29, 0.717) is 29.6 Å². The Labute approximate surface area is 116 Å². The van der Waals surface area contributed by atoms with Gasteiger partial charge in [0.15, 0.2) is 0 Å². The van der Waals surface area contributed by atoms with Crippen molar-refractivity contribution in [1.82, 2.24) is 24.9 Å². The summed E-state index contributed by atoms with van der Waals surface area (Å²) in [7, 11) is 0. The monoisotopic (exact) mass is 320 g/mol. The predicted molar refractivity (Wildman–Crippen MR) is 71.0 cm³/mol. The van der Waals surface area contributed by atoms with E-state index in [2.05, 4.69) is 36.2 Å². The average Bonchev–Trinajstić information content (AvgIpc) is 3.00. The number of pyridine rings is 1. The highest BCUT2D eigenvalue weighted by molar-refractivity contribution is 9.10. The van der Waals surface area contributed by atoms with Crippen molar-refractivity contribution in [3.63, 3.8) is 0 Å². The van der Waals surface area contributed by atoms with E-state index in [1.165, 1.54) is 0 Å². The second-order valence-corrected chi connectivity index (χ2v) is 4.76. The Hall–Kier alpha value is -2.22.